The van der Waals surface area contributed by atoms with E-state index in [1.165, 1.54) is 38.5 Å². The van der Waals surface area contributed by atoms with Crippen molar-refractivity contribution in [1.82, 2.24) is 0 Å². The van der Waals surface area contributed by atoms with E-state index in [9.17, 15) is 0 Å². The Morgan fingerprint density at radius 1 is 0.882 bits per heavy atom. The van der Waals surface area contributed by atoms with Crippen LogP contribution in [0.2, 0.25) is 0 Å². The van der Waals surface area contributed by atoms with Crippen molar-refractivity contribution in [3.63, 3.8) is 0 Å². The van der Waals surface area contributed by atoms with E-state index in [2.05, 4.69) is 13.8 Å². The Bertz CT molecular complexity index is 238. The lowest BCUT2D eigenvalue weighted by Crippen LogP contribution is -2.49. The zero-order valence-electron chi connectivity index (χ0n) is 11.2. The monoisotopic (exact) mass is 256 g/mol. The first-order chi connectivity index (χ1) is 8.25. The summed E-state index contributed by atoms with van der Waals surface area (Å²) in [6.07, 6.45) is 8.68. The molecule has 4 aliphatic carbocycles. The molecule has 4 bridgehead atoms. The normalized spacial score (nSPS) is 43.6. The number of rotatable bonds is 5. The molecule has 17 heavy (non-hydrogen) atoms. The van der Waals surface area contributed by atoms with Gasteiger partial charge in [-0.05, 0) is 70.1 Å². The molecule has 3 heteroatoms. The van der Waals surface area contributed by atoms with Crippen molar-refractivity contribution < 1.29 is 9.05 Å². The van der Waals surface area contributed by atoms with Gasteiger partial charge in [0.1, 0.15) is 0 Å². The Morgan fingerprint density at radius 3 is 1.65 bits per heavy atom. The average molecular weight is 256 g/mol. The molecule has 0 unspecified atom stereocenters. The smallest absolute Gasteiger partial charge is 0.177 e. The maximum Gasteiger partial charge on any atom is 0.177 e. The summed E-state index contributed by atoms with van der Waals surface area (Å²) in [7, 11) is -0.635. The first-order valence-corrected chi connectivity index (χ1v) is 8.49. The fourth-order valence-electron chi connectivity index (χ4n) is 4.83. The Balaban J connectivity index is 1.79. The van der Waals surface area contributed by atoms with Gasteiger partial charge in [-0.15, -0.1) is 0 Å². The number of hydrogen-bond donors (Lipinski definition) is 0. The molecule has 0 aromatic carbocycles. The van der Waals surface area contributed by atoms with Gasteiger partial charge in [0, 0.05) is 5.16 Å². The van der Waals surface area contributed by atoms with Crippen LogP contribution in [-0.4, -0.2) is 18.4 Å². The molecule has 0 aromatic heterocycles. The van der Waals surface area contributed by atoms with Crippen LogP contribution in [0.4, 0.5) is 0 Å². The topological polar surface area (TPSA) is 18.5 Å². The van der Waals surface area contributed by atoms with E-state index in [4.69, 9.17) is 9.05 Å². The fraction of sp³-hybridized carbons (Fsp3) is 1.00. The third kappa shape index (κ3) is 2.17. The van der Waals surface area contributed by atoms with E-state index in [1.807, 2.05) is 0 Å². The summed E-state index contributed by atoms with van der Waals surface area (Å²) in [4.78, 5) is 0. The first kappa shape index (κ1) is 12.4. The van der Waals surface area contributed by atoms with E-state index in [-0.39, 0.29) is 0 Å². The first-order valence-electron chi connectivity index (χ1n) is 7.32. The highest BCUT2D eigenvalue weighted by Gasteiger charge is 2.55. The molecule has 2 nitrogen and oxygen atoms in total. The van der Waals surface area contributed by atoms with Crippen molar-refractivity contribution in [2.45, 2.75) is 57.5 Å². The van der Waals surface area contributed by atoms with Crippen molar-refractivity contribution >= 4 is 8.38 Å². The molecule has 4 fully saturated rings. The highest BCUT2D eigenvalue weighted by Crippen LogP contribution is 2.69. The van der Waals surface area contributed by atoms with Crippen LogP contribution < -0.4 is 0 Å². The SMILES string of the molecule is CCOP(OCC)C12CC3CC(CC(C3)C1)C2. The molecular formula is C14H25O2P. The van der Waals surface area contributed by atoms with Gasteiger partial charge < -0.3 is 9.05 Å². The molecule has 98 valence electrons. The second-order valence-electron chi connectivity index (χ2n) is 6.23. The van der Waals surface area contributed by atoms with Crippen LogP contribution in [0.25, 0.3) is 0 Å². The molecule has 0 heterocycles. The Hall–Kier alpha value is 0.350. The van der Waals surface area contributed by atoms with Crippen LogP contribution >= 0.6 is 8.38 Å². The lowest BCUT2D eigenvalue weighted by atomic mass is 9.56. The van der Waals surface area contributed by atoms with Crippen molar-refractivity contribution in [2.24, 2.45) is 17.8 Å². The van der Waals surface area contributed by atoms with Crippen LogP contribution in [0.5, 0.6) is 0 Å². The van der Waals surface area contributed by atoms with Crippen molar-refractivity contribution in [1.29, 1.82) is 0 Å². The molecule has 4 aliphatic rings. The predicted octanol–water partition coefficient (Wildman–Crippen LogP) is 4.34. The van der Waals surface area contributed by atoms with Crippen LogP contribution in [0, 0.1) is 17.8 Å². The third-order valence-electron chi connectivity index (χ3n) is 4.89. The Morgan fingerprint density at radius 2 is 1.29 bits per heavy atom. The minimum atomic E-state index is -0.635. The lowest BCUT2D eigenvalue weighted by molar-refractivity contribution is 0.0236. The quantitative estimate of drug-likeness (QED) is 0.681. The van der Waals surface area contributed by atoms with E-state index in [0.29, 0.717) is 5.16 Å². The molecule has 0 spiro atoms. The molecule has 0 N–H and O–H groups in total. The van der Waals surface area contributed by atoms with Crippen molar-refractivity contribution in [3.8, 4) is 0 Å². The summed E-state index contributed by atoms with van der Waals surface area (Å²) < 4.78 is 12.0. The summed E-state index contributed by atoms with van der Waals surface area (Å²) in [5, 5.41) is 0.441. The molecule has 0 aromatic rings. The van der Waals surface area contributed by atoms with Gasteiger partial charge in [-0.1, -0.05) is 0 Å². The van der Waals surface area contributed by atoms with Crippen molar-refractivity contribution in [2.75, 3.05) is 13.2 Å². The molecule has 4 saturated carbocycles. The van der Waals surface area contributed by atoms with Gasteiger partial charge in [0.05, 0.1) is 13.2 Å². The van der Waals surface area contributed by atoms with Crippen molar-refractivity contribution in [3.05, 3.63) is 0 Å². The maximum absolute atomic E-state index is 6.01. The minimum absolute atomic E-state index is 0.441. The van der Waals surface area contributed by atoms with E-state index in [1.54, 1.807) is 0 Å². The molecule has 0 radical (unpaired) electrons. The lowest BCUT2D eigenvalue weighted by Gasteiger charge is -2.58. The van der Waals surface area contributed by atoms with Gasteiger partial charge in [-0.25, -0.2) is 0 Å². The highest BCUT2D eigenvalue weighted by molar-refractivity contribution is 7.49. The van der Waals surface area contributed by atoms with Gasteiger partial charge in [0.25, 0.3) is 0 Å². The Labute approximate surface area is 106 Å². The summed E-state index contributed by atoms with van der Waals surface area (Å²) in [5.41, 5.74) is 0. The second-order valence-corrected chi connectivity index (χ2v) is 8.21. The largest absolute Gasteiger partial charge is 0.334 e. The fourth-order valence-corrected chi connectivity index (χ4v) is 7.15. The van der Waals surface area contributed by atoms with Gasteiger partial charge in [0.2, 0.25) is 0 Å². The summed E-state index contributed by atoms with van der Waals surface area (Å²) in [6, 6.07) is 0. The average Bonchev–Trinajstić information content (AvgIpc) is 2.27. The summed E-state index contributed by atoms with van der Waals surface area (Å²) in [6.45, 7) is 5.84. The van der Waals surface area contributed by atoms with Crippen LogP contribution in [-0.2, 0) is 9.05 Å². The van der Waals surface area contributed by atoms with E-state index >= 15 is 0 Å². The standard InChI is InChI=1S/C14H25O2P/c1-3-15-17(16-4-2)14-8-11-5-12(9-14)7-13(6-11)10-14/h11-13H,3-10H2,1-2H3. The number of hydrogen-bond acceptors (Lipinski definition) is 2. The van der Waals surface area contributed by atoms with Gasteiger partial charge in [0.15, 0.2) is 8.38 Å². The van der Waals surface area contributed by atoms with Gasteiger partial charge in [-0.3, -0.25) is 0 Å². The van der Waals surface area contributed by atoms with Gasteiger partial charge >= 0.3 is 0 Å². The Kier molecular flexibility index (Phi) is 3.49. The van der Waals surface area contributed by atoms with Crippen LogP contribution in [0.1, 0.15) is 52.4 Å². The third-order valence-corrected chi connectivity index (χ3v) is 7.19. The van der Waals surface area contributed by atoms with Gasteiger partial charge in [-0.2, -0.15) is 0 Å². The zero-order chi connectivity index (χ0) is 11.9. The summed E-state index contributed by atoms with van der Waals surface area (Å²) >= 11 is 0. The summed E-state index contributed by atoms with van der Waals surface area (Å²) in [5.74, 6) is 2.98. The highest BCUT2D eigenvalue weighted by atomic mass is 31.2. The van der Waals surface area contributed by atoms with Crippen LogP contribution in [0.3, 0.4) is 0 Å². The maximum atomic E-state index is 6.01. The molecule has 0 amide bonds. The van der Waals surface area contributed by atoms with Crippen LogP contribution in [0.15, 0.2) is 0 Å². The predicted molar refractivity (Wildman–Crippen MR) is 71.1 cm³/mol. The molecule has 0 aliphatic heterocycles. The molecular weight excluding hydrogens is 231 g/mol. The molecule has 0 atom stereocenters. The van der Waals surface area contributed by atoms with E-state index < -0.39 is 8.38 Å². The minimum Gasteiger partial charge on any atom is -0.334 e. The zero-order valence-corrected chi connectivity index (χ0v) is 12.0. The van der Waals surface area contributed by atoms with E-state index in [0.717, 1.165) is 31.0 Å². The molecule has 0 saturated heterocycles. The molecule has 4 rings (SSSR count). The second kappa shape index (κ2) is 4.79.